The first-order valence-electron chi connectivity index (χ1n) is 9.11. The van der Waals surface area contributed by atoms with Gasteiger partial charge in [0.25, 0.3) is 0 Å². The van der Waals surface area contributed by atoms with E-state index in [0.717, 1.165) is 34.3 Å². The Balaban J connectivity index is 1.43. The van der Waals surface area contributed by atoms with Gasteiger partial charge in [-0.2, -0.15) is 0 Å². The van der Waals surface area contributed by atoms with E-state index in [9.17, 15) is 5.11 Å². The Morgan fingerprint density at radius 3 is 2.46 bits per heavy atom. The van der Waals surface area contributed by atoms with Gasteiger partial charge in [0.2, 0.25) is 5.78 Å². The van der Waals surface area contributed by atoms with Gasteiger partial charge in [0, 0.05) is 12.3 Å². The summed E-state index contributed by atoms with van der Waals surface area (Å²) >= 11 is 1.47. The number of benzene rings is 2. The molecule has 4 rings (SSSR count). The van der Waals surface area contributed by atoms with Crippen molar-refractivity contribution in [2.24, 2.45) is 0 Å². The maximum Gasteiger partial charge on any atom is 0.237 e. The third-order valence-corrected chi connectivity index (χ3v) is 5.57. The molecule has 0 saturated carbocycles. The molecule has 28 heavy (non-hydrogen) atoms. The summed E-state index contributed by atoms with van der Waals surface area (Å²) in [6, 6.07) is 15.5. The quantitative estimate of drug-likeness (QED) is 0.459. The summed E-state index contributed by atoms with van der Waals surface area (Å²) < 4.78 is 15.0. The molecule has 0 radical (unpaired) electrons. The lowest BCUT2D eigenvalue weighted by Crippen LogP contribution is -2.20. The molecule has 0 aliphatic heterocycles. The zero-order valence-corrected chi connectivity index (χ0v) is 16.6. The van der Waals surface area contributed by atoms with Crippen LogP contribution in [0.2, 0.25) is 0 Å². The van der Waals surface area contributed by atoms with Crippen LogP contribution in [0.4, 0.5) is 0 Å². The molecule has 7 nitrogen and oxygen atoms in total. The van der Waals surface area contributed by atoms with Crippen molar-refractivity contribution < 1.29 is 14.6 Å². The highest BCUT2D eigenvalue weighted by Crippen LogP contribution is 2.26. The van der Waals surface area contributed by atoms with Gasteiger partial charge in [-0.25, -0.2) is 0 Å². The van der Waals surface area contributed by atoms with Crippen LogP contribution in [0, 0.1) is 0 Å². The van der Waals surface area contributed by atoms with Crippen molar-refractivity contribution in [3.05, 3.63) is 48.5 Å². The third-order valence-electron chi connectivity index (χ3n) is 4.49. The minimum absolute atomic E-state index is 0.206. The van der Waals surface area contributed by atoms with E-state index in [0.29, 0.717) is 11.5 Å². The number of methoxy groups -OCH3 is 1. The fourth-order valence-electron chi connectivity index (χ4n) is 3.13. The molecule has 2 heterocycles. The van der Waals surface area contributed by atoms with Gasteiger partial charge in [0.1, 0.15) is 18.1 Å². The number of aliphatic hydroxyl groups is 1. The predicted octanol–water partition coefficient (Wildman–Crippen LogP) is 3.24. The fourth-order valence-corrected chi connectivity index (χ4v) is 3.97. The largest absolute Gasteiger partial charge is 0.497 e. The van der Waals surface area contributed by atoms with Gasteiger partial charge in [-0.15, -0.1) is 10.2 Å². The van der Waals surface area contributed by atoms with Crippen molar-refractivity contribution in [3.8, 4) is 11.5 Å². The molecular weight excluding hydrogens is 376 g/mol. The van der Waals surface area contributed by atoms with Gasteiger partial charge in [-0.05, 0) is 43.3 Å². The lowest BCUT2D eigenvalue weighted by molar-refractivity contribution is 0.126. The molecule has 2 aromatic carbocycles. The number of thioether (sulfide) groups is 1. The van der Waals surface area contributed by atoms with Gasteiger partial charge in [0.05, 0.1) is 24.2 Å². The van der Waals surface area contributed by atoms with Crippen LogP contribution in [0.5, 0.6) is 11.5 Å². The minimum atomic E-state index is -0.626. The van der Waals surface area contributed by atoms with E-state index in [1.807, 2.05) is 40.8 Å². The van der Waals surface area contributed by atoms with Crippen LogP contribution >= 0.6 is 11.8 Å². The lowest BCUT2D eigenvalue weighted by Gasteiger charge is -2.11. The molecule has 1 atom stereocenters. The highest BCUT2D eigenvalue weighted by molar-refractivity contribution is 7.99. The molecule has 0 aliphatic rings. The van der Waals surface area contributed by atoms with Crippen molar-refractivity contribution in [1.29, 1.82) is 0 Å². The van der Waals surface area contributed by atoms with Crippen molar-refractivity contribution in [3.63, 3.8) is 0 Å². The molecule has 1 N–H and O–H groups in total. The van der Waals surface area contributed by atoms with Crippen LogP contribution in [0.15, 0.2) is 53.7 Å². The van der Waals surface area contributed by atoms with E-state index >= 15 is 0 Å². The number of rotatable bonds is 8. The SMILES string of the molecule is CCn1c2ccccc2n2c(SCC(O)COc3ccc(OC)cc3)nnc12. The molecule has 0 saturated heterocycles. The Hall–Kier alpha value is -2.71. The average molecular weight is 398 g/mol. The normalized spacial score (nSPS) is 12.5. The van der Waals surface area contributed by atoms with E-state index in [4.69, 9.17) is 9.47 Å². The molecule has 0 spiro atoms. The third kappa shape index (κ3) is 3.53. The smallest absolute Gasteiger partial charge is 0.237 e. The molecule has 0 bridgehead atoms. The summed E-state index contributed by atoms with van der Waals surface area (Å²) in [6.45, 7) is 3.12. The van der Waals surface area contributed by atoms with Gasteiger partial charge < -0.3 is 19.1 Å². The van der Waals surface area contributed by atoms with E-state index in [1.165, 1.54) is 11.8 Å². The predicted molar refractivity (Wildman–Crippen MR) is 109 cm³/mol. The molecular formula is C20H22N4O3S. The molecule has 4 aromatic rings. The molecule has 2 aromatic heterocycles. The van der Waals surface area contributed by atoms with Crippen molar-refractivity contribution >= 4 is 28.6 Å². The lowest BCUT2D eigenvalue weighted by atomic mass is 10.3. The first-order chi connectivity index (χ1) is 13.7. The summed E-state index contributed by atoms with van der Waals surface area (Å²) in [4.78, 5) is 0. The van der Waals surface area contributed by atoms with Crippen LogP contribution in [0.3, 0.4) is 0 Å². The molecule has 8 heteroatoms. The molecule has 146 valence electrons. The van der Waals surface area contributed by atoms with Crippen molar-refractivity contribution in [2.75, 3.05) is 19.5 Å². The number of ether oxygens (including phenoxy) is 2. The molecule has 1 unspecified atom stereocenters. The minimum Gasteiger partial charge on any atom is -0.497 e. The highest BCUT2D eigenvalue weighted by atomic mass is 32.2. The Bertz CT molecular complexity index is 1070. The number of hydrogen-bond acceptors (Lipinski definition) is 6. The highest BCUT2D eigenvalue weighted by Gasteiger charge is 2.17. The summed E-state index contributed by atoms with van der Waals surface area (Å²) in [6.07, 6.45) is -0.626. The number of aromatic nitrogens is 4. The number of imidazole rings is 1. The summed E-state index contributed by atoms with van der Waals surface area (Å²) in [5.41, 5.74) is 2.19. The zero-order chi connectivity index (χ0) is 19.5. The first-order valence-corrected chi connectivity index (χ1v) is 10.1. The Kier molecular flexibility index (Phi) is 5.40. The van der Waals surface area contributed by atoms with Crippen molar-refractivity contribution in [1.82, 2.24) is 19.2 Å². The summed E-state index contributed by atoms with van der Waals surface area (Å²) in [5.74, 6) is 2.74. The average Bonchev–Trinajstić information content (AvgIpc) is 3.29. The number of aryl methyl sites for hydroxylation is 1. The standard InChI is InChI=1S/C20H22N4O3S/c1-3-23-17-6-4-5-7-18(17)24-19(23)21-22-20(24)28-13-14(25)12-27-16-10-8-15(26-2)9-11-16/h4-11,14,25H,3,12-13H2,1-2H3. The van der Waals surface area contributed by atoms with E-state index < -0.39 is 6.10 Å². The van der Waals surface area contributed by atoms with E-state index in [2.05, 4.69) is 33.8 Å². The molecule has 0 aliphatic carbocycles. The van der Waals surface area contributed by atoms with E-state index in [-0.39, 0.29) is 6.61 Å². The second-order valence-electron chi connectivity index (χ2n) is 6.30. The van der Waals surface area contributed by atoms with Gasteiger partial charge in [-0.3, -0.25) is 4.40 Å². The second kappa shape index (κ2) is 8.12. The Morgan fingerprint density at radius 2 is 1.75 bits per heavy atom. The Labute approximate surface area is 166 Å². The molecule has 0 amide bonds. The van der Waals surface area contributed by atoms with Crippen LogP contribution < -0.4 is 9.47 Å². The first kappa shape index (κ1) is 18.6. The molecule has 0 fully saturated rings. The number of fused-ring (bicyclic) bond motifs is 3. The van der Waals surface area contributed by atoms with Gasteiger partial charge in [0.15, 0.2) is 5.16 Å². The maximum absolute atomic E-state index is 10.3. The van der Waals surface area contributed by atoms with Crippen LogP contribution in [-0.2, 0) is 6.54 Å². The number of para-hydroxylation sites is 2. The number of aliphatic hydroxyl groups excluding tert-OH is 1. The summed E-state index contributed by atoms with van der Waals surface area (Å²) in [7, 11) is 1.62. The topological polar surface area (TPSA) is 73.8 Å². The summed E-state index contributed by atoms with van der Waals surface area (Å²) in [5, 5.41) is 19.7. The number of hydrogen-bond donors (Lipinski definition) is 1. The second-order valence-corrected chi connectivity index (χ2v) is 7.29. The zero-order valence-electron chi connectivity index (χ0n) is 15.8. The fraction of sp³-hybridized carbons (Fsp3) is 0.300. The maximum atomic E-state index is 10.3. The van der Waals surface area contributed by atoms with Gasteiger partial charge in [-0.1, -0.05) is 23.9 Å². The monoisotopic (exact) mass is 398 g/mol. The van der Waals surface area contributed by atoms with Crippen LogP contribution in [0.25, 0.3) is 16.8 Å². The van der Waals surface area contributed by atoms with Crippen LogP contribution in [0.1, 0.15) is 6.92 Å². The van der Waals surface area contributed by atoms with Gasteiger partial charge >= 0.3 is 0 Å². The van der Waals surface area contributed by atoms with Crippen molar-refractivity contribution in [2.45, 2.75) is 24.7 Å². The van der Waals surface area contributed by atoms with E-state index in [1.54, 1.807) is 7.11 Å². The Morgan fingerprint density at radius 1 is 1.04 bits per heavy atom. The number of nitrogens with zero attached hydrogens (tertiary/aromatic N) is 4. The van der Waals surface area contributed by atoms with Crippen LogP contribution in [-0.4, -0.2) is 49.8 Å².